The average molecular weight is 213 g/mol. The van der Waals surface area contributed by atoms with E-state index in [1.165, 1.54) is 0 Å². The van der Waals surface area contributed by atoms with Crippen molar-refractivity contribution < 1.29 is 39.3 Å². The van der Waals surface area contributed by atoms with Crippen molar-refractivity contribution in [3.8, 4) is 0 Å². The van der Waals surface area contributed by atoms with Crippen molar-refractivity contribution in [3.05, 3.63) is 0 Å². The van der Waals surface area contributed by atoms with Gasteiger partial charge in [0.1, 0.15) is 0 Å². The minimum atomic E-state index is -3.71. The summed E-state index contributed by atoms with van der Waals surface area (Å²) in [4.78, 5) is 0. The summed E-state index contributed by atoms with van der Waals surface area (Å²) in [6, 6.07) is 0. The molecule has 0 aromatic heterocycles. The molecule has 0 aliphatic carbocycles. The Bertz CT molecular complexity index is 117. The van der Waals surface area contributed by atoms with Gasteiger partial charge < -0.3 is 0 Å². The van der Waals surface area contributed by atoms with Crippen LogP contribution in [0.2, 0.25) is 0 Å². The van der Waals surface area contributed by atoms with E-state index in [-0.39, 0.29) is 29.6 Å². The summed E-state index contributed by atoms with van der Waals surface area (Å²) in [6.07, 6.45) is 0. The molecule has 0 aliphatic heterocycles. The van der Waals surface area contributed by atoms with E-state index in [0.717, 1.165) is 0 Å². The Morgan fingerprint density at radius 3 is 1.71 bits per heavy atom. The molecule has 0 saturated heterocycles. The molecule has 7 heteroatoms. The molecule has 0 heterocycles. The molecule has 0 saturated carbocycles. The SMILES string of the molecule is O=[S](=O)(O)[Cr][Fe].[NaH]. The van der Waals surface area contributed by atoms with Crippen LogP contribution in [0.15, 0.2) is 0 Å². The molecule has 7 heavy (non-hydrogen) atoms. The van der Waals surface area contributed by atoms with Crippen molar-refractivity contribution in [1.29, 1.82) is 0 Å². The molecule has 0 aromatic carbocycles. The van der Waals surface area contributed by atoms with Gasteiger partial charge in [0.25, 0.3) is 0 Å². The number of hydrogen-bond donors (Lipinski definition) is 1. The zero-order valence-electron chi connectivity index (χ0n) is 2.43. The molecular weight excluding hydrogens is 211 g/mol. The first-order valence-electron chi connectivity index (χ1n) is 0.827. The van der Waals surface area contributed by atoms with Crippen molar-refractivity contribution in [2.24, 2.45) is 0 Å². The quantitative estimate of drug-likeness (QED) is 0.434. The van der Waals surface area contributed by atoms with Crippen LogP contribution in [0.3, 0.4) is 0 Å². The van der Waals surface area contributed by atoms with Crippen LogP contribution in [0.1, 0.15) is 0 Å². The Morgan fingerprint density at radius 2 is 1.71 bits per heavy atom. The van der Waals surface area contributed by atoms with Gasteiger partial charge in [0, 0.05) is 0 Å². The third-order valence-electron chi connectivity index (χ3n) is 0.0745. The molecule has 0 fully saturated rings. The molecular formula is H2CrFeNaO3S. The van der Waals surface area contributed by atoms with Crippen molar-refractivity contribution in [2.45, 2.75) is 0 Å². The first-order chi connectivity index (χ1) is 2.56. The fourth-order valence-corrected chi connectivity index (χ4v) is 0. The van der Waals surface area contributed by atoms with E-state index in [9.17, 15) is 8.42 Å². The molecule has 0 unspecified atom stereocenters. The van der Waals surface area contributed by atoms with Gasteiger partial charge in [0.15, 0.2) is 0 Å². The zero-order valence-corrected chi connectivity index (χ0v) is 5.63. The third-order valence-corrected chi connectivity index (χ3v) is 3.80. The summed E-state index contributed by atoms with van der Waals surface area (Å²) in [5.41, 5.74) is 0. The normalized spacial score (nSPS) is 10.0. The van der Waals surface area contributed by atoms with Gasteiger partial charge in [-0.1, -0.05) is 0 Å². The maximum atomic E-state index is 9.52. The summed E-state index contributed by atoms with van der Waals surface area (Å²) in [5.74, 6) is 0. The standard InChI is InChI=1S/Cr.Fe.Na.HO3S.H/c;;;1-4(2)3;/h;;;(H,1,2,3);. The Labute approximate surface area is 76.4 Å². The summed E-state index contributed by atoms with van der Waals surface area (Å²) in [6.45, 7) is 0. The molecule has 0 aliphatic rings. The Kier molecular flexibility index (Phi) is 8.05. The summed E-state index contributed by atoms with van der Waals surface area (Å²) in [7, 11) is -3.71. The van der Waals surface area contributed by atoms with Gasteiger partial charge in [-0.05, 0) is 0 Å². The Hall–Kier alpha value is 1.96. The summed E-state index contributed by atoms with van der Waals surface area (Å²) in [5, 5.41) is 0. The second kappa shape index (κ2) is 4.80. The van der Waals surface area contributed by atoms with Crippen molar-refractivity contribution >= 4 is 38.0 Å². The second-order valence-electron chi connectivity index (χ2n) is 0.487. The van der Waals surface area contributed by atoms with Crippen LogP contribution < -0.4 is 0 Å². The molecule has 0 spiro atoms. The van der Waals surface area contributed by atoms with Gasteiger partial charge in [-0.15, -0.1) is 0 Å². The Morgan fingerprint density at radius 1 is 1.57 bits per heavy atom. The van der Waals surface area contributed by atoms with Crippen LogP contribution in [0.4, 0.5) is 0 Å². The van der Waals surface area contributed by atoms with E-state index >= 15 is 0 Å². The molecule has 3 nitrogen and oxygen atoms in total. The van der Waals surface area contributed by atoms with Gasteiger partial charge in [-0.2, -0.15) is 0 Å². The molecule has 41 valence electrons. The molecule has 0 bridgehead atoms. The topological polar surface area (TPSA) is 54.4 Å². The third kappa shape index (κ3) is 11.5. The molecule has 0 aromatic rings. The van der Waals surface area contributed by atoms with Gasteiger partial charge in [-0.3, -0.25) is 0 Å². The summed E-state index contributed by atoms with van der Waals surface area (Å²) < 4.78 is 26.8. The number of rotatable bonds is 1. The van der Waals surface area contributed by atoms with E-state index in [4.69, 9.17) is 4.55 Å². The first-order valence-corrected chi connectivity index (χ1v) is 6.06. The van der Waals surface area contributed by atoms with E-state index in [2.05, 4.69) is 14.1 Å². The van der Waals surface area contributed by atoms with E-state index in [1.807, 2.05) is 0 Å². The second-order valence-corrected chi connectivity index (χ2v) is 6.26. The predicted molar refractivity (Wildman–Crippen MR) is 18.7 cm³/mol. The minimum absolute atomic E-state index is 0. The van der Waals surface area contributed by atoms with Crippen LogP contribution in [-0.2, 0) is 34.9 Å². The average Bonchev–Trinajstić information content (AvgIpc) is 1.35. The van der Waals surface area contributed by atoms with Crippen LogP contribution in [0, 0.1) is 0 Å². The first kappa shape index (κ1) is 11.7. The van der Waals surface area contributed by atoms with Crippen LogP contribution >= 0.6 is 0 Å². The van der Waals surface area contributed by atoms with Crippen LogP contribution in [0.5, 0.6) is 0 Å². The molecule has 0 rings (SSSR count). The van der Waals surface area contributed by atoms with Gasteiger partial charge in [-0.25, -0.2) is 0 Å². The predicted octanol–water partition coefficient (Wildman–Crippen LogP) is -1.31. The molecule has 0 atom stereocenters. The van der Waals surface area contributed by atoms with Gasteiger partial charge in [0.05, 0.1) is 0 Å². The van der Waals surface area contributed by atoms with E-state index in [1.54, 1.807) is 0 Å². The number of hydrogen-bond acceptors (Lipinski definition) is 2. The van der Waals surface area contributed by atoms with Crippen LogP contribution in [-0.4, -0.2) is 42.5 Å². The molecule has 0 radical (unpaired) electrons. The van der Waals surface area contributed by atoms with Gasteiger partial charge >= 0.3 is 77.4 Å². The van der Waals surface area contributed by atoms with Crippen molar-refractivity contribution in [1.82, 2.24) is 0 Å². The van der Waals surface area contributed by atoms with E-state index < -0.39 is 20.7 Å². The fourth-order valence-electron chi connectivity index (χ4n) is 0. The monoisotopic (exact) mass is 213 g/mol. The van der Waals surface area contributed by atoms with Crippen LogP contribution in [0.25, 0.3) is 0 Å². The van der Waals surface area contributed by atoms with Crippen molar-refractivity contribution in [3.63, 3.8) is 0 Å². The van der Waals surface area contributed by atoms with Gasteiger partial charge in [0.2, 0.25) is 0 Å². The van der Waals surface area contributed by atoms with Crippen molar-refractivity contribution in [2.75, 3.05) is 0 Å². The summed E-state index contributed by atoms with van der Waals surface area (Å²) >= 11 is 2.07. The van der Waals surface area contributed by atoms with E-state index in [0.29, 0.717) is 0 Å². The Balaban J connectivity index is 0. The fraction of sp³-hybridized carbons (Fsp3) is 0. The zero-order chi connectivity index (χ0) is 5.21. The maximum absolute atomic E-state index is 9.52. The molecule has 1 N–H and O–H groups in total. The molecule has 0 amide bonds.